The number of likely N-dealkylation sites (N-methyl/N-ethyl adjacent to an activating group) is 1. The molecule has 2 heterocycles. The summed E-state index contributed by atoms with van der Waals surface area (Å²) in [5.74, 6) is 0.138. The van der Waals surface area contributed by atoms with Crippen molar-refractivity contribution in [2.45, 2.75) is 49.6 Å². The first-order valence-corrected chi connectivity index (χ1v) is 10.6. The highest BCUT2D eigenvalue weighted by Crippen LogP contribution is 2.39. The molecule has 1 saturated heterocycles. The summed E-state index contributed by atoms with van der Waals surface area (Å²) in [4.78, 5) is 2.20. The van der Waals surface area contributed by atoms with Gasteiger partial charge in [0.25, 0.3) is 0 Å². The fourth-order valence-corrected chi connectivity index (χ4v) is 4.35. The Balaban J connectivity index is 1.61. The quantitative estimate of drug-likeness (QED) is 0.375. The molecule has 174 valence electrons. The lowest BCUT2D eigenvalue weighted by atomic mass is 9.88. The van der Waals surface area contributed by atoms with Gasteiger partial charge in [-0.05, 0) is 60.8 Å². The van der Waals surface area contributed by atoms with Crippen LogP contribution in [0.15, 0.2) is 36.4 Å². The molecule has 6 atom stereocenters. The van der Waals surface area contributed by atoms with Gasteiger partial charge in [-0.3, -0.25) is 4.90 Å². The zero-order chi connectivity index (χ0) is 23.0. The largest absolute Gasteiger partial charge is 0.508 e. The molecule has 0 saturated carbocycles. The van der Waals surface area contributed by atoms with Gasteiger partial charge < -0.3 is 40.1 Å². The first kappa shape index (κ1) is 22.8. The topological polar surface area (TPSA) is 143 Å². The first-order chi connectivity index (χ1) is 15.3. The smallest absolute Gasteiger partial charge is 0.229 e. The number of phenols is 2. The number of aliphatic hydroxyl groups is 4. The van der Waals surface area contributed by atoms with Gasteiger partial charge in [-0.1, -0.05) is 12.1 Å². The van der Waals surface area contributed by atoms with E-state index in [1.807, 2.05) is 19.2 Å². The predicted molar refractivity (Wildman–Crippen MR) is 113 cm³/mol. The van der Waals surface area contributed by atoms with Crippen molar-refractivity contribution in [3.05, 3.63) is 53.1 Å². The highest BCUT2D eigenvalue weighted by molar-refractivity contribution is 5.49. The average Bonchev–Trinajstić information content (AvgIpc) is 2.78. The summed E-state index contributed by atoms with van der Waals surface area (Å²) in [6.07, 6.45) is -5.70. The number of aliphatic hydroxyl groups excluding tert-OH is 4. The third-order valence-corrected chi connectivity index (χ3v) is 6.30. The minimum atomic E-state index is -1.57. The molecule has 0 unspecified atom stereocenters. The van der Waals surface area contributed by atoms with Gasteiger partial charge >= 0.3 is 0 Å². The maximum absolute atomic E-state index is 10.5. The van der Waals surface area contributed by atoms with Crippen molar-refractivity contribution in [3.8, 4) is 17.2 Å². The SMILES string of the molecule is CN1CCc2cc(O)c(O[C@H]3O[C@H](CO)[C@@H](O)[C@H](O)[C@H]3O)cc2[C@@H]1Cc1ccc(O)cc1. The number of hydrogen-bond donors (Lipinski definition) is 6. The average molecular weight is 447 g/mol. The summed E-state index contributed by atoms with van der Waals surface area (Å²) in [5, 5.41) is 59.7. The molecule has 2 aromatic carbocycles. The molecule has 9 nitrogen and oxygen atoms in total. The van der Waals surface area contributed by atoms with Crippen LogP contribution in [0.25, 0.3) is 0 Å². The Morgan fingerprint density at radius 1 is 1.03 bits per heavy atom. The standard InChI is InChI=1S/C23H29NO8/c1-24-7-6-13-9-17(27)18(31-23-22(30)21(29)20(28)19(11-25)32-23)10-15(13)16(24)8-12-2-4-14(26)5-3-12/h2-5,9-10,16,19-23,25-30H,6-8,11H2,1H3/t16-,19+,20+,21-,22+,23-/m0/s1. The van der Waals surface area contributed by atoms with Gasteiger partial charge in [0, 0.05) is 12.6 Å². The molecule has 4 rings (SSSR count). The van der Waals surface area contributed by atoms with Crippen molar-refractivity contribution < 1.29 is 40.1 Å². The van der Waals surface area contributed by atoms with Crippen LogP contribution in [0.4, 0.5) is 0 Å². The summed E-state index contributed by atoms with van der Waals surface area (Å²) in [6, 6.07) is 10.3. The van der Waals surface area contributed by atoms with Crippen molar-refractivity contribution in [1.82, 2.24) is 4.90 Å². The van der Waals surface area contributed by atoms with E-state index >= 15 is 0 Å². The van der Waals surface area contributed by atoms with Crippen LogP contribution in [-0.2, 0) is 17.6 Å². The molecule has 0 amide bonds. The van der Waals surface area contributed by atoms with Crippen molar-refractivity contribution in [2.24, 2.45) is 0 Å². The highest BCUT2D eigenvalue weighted by Gasteiger charge is 2.45. The van der Waals surface area contributed by atoms with Crippen molar-refractivity contribution in [2.75, 3.05) is 20.2 Å². The van der Waals surface area contributed by atoms with E-state index in [9.17, 15) is 30.6 Å². The van der Waals surface area contributed by atoms with Crippen LogP contribution in [-0.4, -0.2) is 86.4 Å². The third kappa shape index (κ3) is 4.40. The van der Waals surface area contributed by atoms with Crippen LogP contribution in [0.5, 0.6) is 17.2 Å². The second kappa shape index (κ2) is 9.22. The molecule has 6 N–H and O–H groups in total. The fourth-order valence-electron chi connectivity index (χ4n) is 4.35. The Morgan fingerprint density at radius 3 is 2.44 bits per heavy atom. The number of fused-ring (bicyclic) bond motifs is 1. The highest BCUT2D eigenvalue weighted by atomic mass is 16.7. The second-order valence-electron chi connectivity index (χ2n) is 8.45. The lowest BCUT2D eigenvalue weighted by Gasteiger charge is -2.40. The zero-order valence-electron chi connectivity index (χ0n) is 17.7. The molecule has 0 radical (unpaired) electrons. The number of rotatable bonds is 5. The van der Waals surface area contributed by atoms with Crippen LogP contribution in [0.2, 0.25) is 0 Å². The molecule has 0 bridgehead atoms. The van der Waals surface area contributed by atoms with Crippen molar-refractivity contribution in [1.29, 1.82) is 0 Å². The summed E-state index contributed by atoms with van der Waals surface area (Å²) >= 11 is 0. The van der Waals surface area contributed by atoms with Crippen LogP contribution in [0.3, 0.4) is 0 Å². The van der Waals surface area contributed by atoms with Gasteiger partial charge in [0.2, 0.25) is 6.29 Å². The van der Waals surface area contributed by atoms with Crippen LogP contribution in [0.1, 0.15) is 22.7 Å². The van der Waals surface area contributed by atoms with E-state index in [0.29, 0.717) is 6.42 Å². The number of nitrogens with zero attached hydrogens (tertiary/aromatic N) is 1. The van der Waals surface area contributed by atoms with Gasteiger partial charge in [-0.2, -0.15) is 0 Å². The number of phenolic OH excluding ortho intramolecular Hbond substituents is 2. The molecule has 9 heteroatoms. The molecule has 1 fully saturated rings. The van der Waals surface area contributed by atoms with E-state index < -0.39 is 37.3 Å². The van der Waals surface area contributed by atoms with E-state index in [-0.39, 0.29) is 23.3 Å². The molecule has 2 aromatic rings. The van der Waals surface area contributed by atoms with Gasteiger partial charge in [0.1, 0.15) is 30.2 Å². The molecule has 0 spiro atoms. The van der Waals surface area contributed by atoms with E-state index in [0.717, 1.165) is 29.7 Å². The van der Waals surface area contributed by atoms with Crippen molar-refractivity contribution in [3.63, 3.8) is 0 Å². The van der Waals surface area contributed by atoms with Gasteiger partial charge in [-0.25, -0.2) is 0 Å². The van der Waals surface area contributed by atoms with Crippen LogP contribution >= 0.6 is 0 Å². The minimum absolute atomic E-state index is 0.0129. The summed E-state index contributed by atoms with van der Waals surface area (Å²) < 4.78 is 11.1. The number of aromatic hydroxyl groups is 2. The molecule has 0 aliphatic carbocycles. The molecule has 32 heavy (non-hydrogen) atoms. The van der Waals surface area contributed by atoms with E-state index in [1.165, 1.54) is 0 Å². The van der Waals surface area contributed by atoms with Crippen molar-refractivity contribution >= 4 is 0 Å². The van der Waals surface area contributed by atoms with Gasteiger partial charge in [0.05, 0.1) is 6.61 Å². The maximum Gasteiger partial charge on any atom is 0.229 e. The van der Waals surface area contributed by atoms with Crippen LogP contribution in [0, 0.1) is 0 Å². The Morgan fingerprint density at radius 2 is 1.75 bits per heavy atom. The molecular weight excluding hydrogens is 418 g/mol. The third-order valence-electron chi connectivity index (χ3n) is 6.30. The number of ether oxygens (including phenoxy) is 2. The fraction of sp³-hybridized carbons (Fsp3) is 0.478. The summed E-state index contributed by atoms with van der Waals surface area (Å²) in [5.41, 5.74) is 2.96. The Kier molecular flexibility index (Phi) is 6.57. The first-order valence-electron chi connectivity index (χ1n) is 10.6. The normalized spacial score (nSPS) is 30.7. The van der Waals surface area contributed by atoms with Crippen LogP contribution < -0.4 is 4.74 Å². The Hall–Kier alpha value is -2.40. The summed E-state index contributed by atoms with van der Waals surface area (Å²) in [6.45, 7) is 0.239. The Labute approximate surface area is 185 Å². The minimum Gasteiger partial charge on any atom is -0.508 e. The molecular formula is C23H29NO8. The monoisotopic (exact) mass is 447 g/mol. The van der Waals surface area contributed by atoms with Gasteiger partial charge in [-0.15, -0.1) is 0 Å². The number of hydrogen-bond acceptors (Lipinski definition) is 9. The number of benzene rings is 2. The predicted octanol–water partition coefficient (Wildman–Crippen LogP) is 0.0482. The zero-order valence-corrected chi connectivity index (χ0v) is 17.7. The van der Waals surface area contributed by atoms with E-state index in [1.54, 1.807) is 24.3 Å². The second-order valence-corrected chi connectivity index (χ2v) is 8.45. The lowest BCUT2D eigenvalue weighted by molar-refractivity contribution is -0.277. The maximum atomic E-state index is 10.5. The molecule has 0 aromatic heterocycles. The Bertz CT molecular complexity index is 934. The van der Waals surface area contributed by atoms with E-state index in [2.05, 4.69) is 4.90 Å². The molecule has 2 aliphatic heterocycles. The molecule has 2 aliphatic rings. The van der Waals surface area contributed by atoms with Gasteiger partial charge in [0.15, 0.2) is 11.5 Å². The lowest BCUT2D eigenvalue weighted by Crippen LogP contribution is -2.60. The summed E-state index contributed by atoms with van der Waals surface area (Å²) in [7, 11) is 2.01. The van der Waals surface area contributed by atoms with E-state index in [4.69, 9.17) is 9.47 Å².